The van der Waals surface area contributed by atoms with Crippen molar-refractivity contribution in [3.8, 4) is 11.5 Å². The molecule has 0 aromatic heterocycles. The Kier molecular flexibility index (Phi) is 9.34. The number of phenolic OH excluding ortho intramolecular Hbond substituents is 2. The van der Waals surface area contributed by atoms with Crippen molar-refractivity contribution >= 4 is 81.9 Å². The number of carbonyl (C=O) groups is 1. The van der Waals surface area contributed by atoms with E-state index in [1.807, 2.05) is 0 Å². The number of rotatable bonds is 8. The summed E-state index contributed by atoms with van der Waals surface area (Å²) in [5.74, 6) is -2.41. The third kappa shape index (κ3) is 7.66. The monoisotopic (exact) mass is 748 g/mol. The van der Waals surface area contributed by atoms with Crippen LogP contribution in [0, 0.1) is 11.6 Å². The number of nitrogens with one attached hydrogen (secondary N) is 2. The van der Waals surface area contributed by atoms with E-state index in [4.69, 9.17) is 0 Å². The SMILES string of the molecule is O=C(Nc1ccc2c(O)c(N=Nc3ccc(F)cc3)c(S(=O)(=O)O)cc2c1)Nc1ccc2c(O)c(N=Nc3ccc(F)cc3)c(S(=O)(=O)O)cc2c1. The third-order valence-electron chi connectivity index (χ3n) is 7.36. The molecule has 2 amide bonds. The van der Waals surface area contributed by atoms with E-state index in [0.717, 1.165) is 36.4 Å². The molecular formula is C33H22F2N6O9S2. The Bertz CT molecular complexity index is 2510. The first kappa shape index (κ1) is 35.4. The van der Waals surface area contributed by atoms with Gasteiger partial charge in [-0.3, -0.25) is 9.11 Å². The Morgan fingerprint density at radius 2 is 0.904 bits per heavy atom. The van der Waals surface area contributed by atoms with E-state index in [9.17, 15) is 49.7 Å². The maximum absolute atomic E-state index is 13.2. The molecule has 6 rings (SSSR count). The second-order valence-electron chi connectivity index (χ2n) is 10.9. The van der Waals surface area contributed by atoms with Crippen molar-refractivity contribution in [1.82, 2.24) is 0 Å². The number of carbonyl (C=O) groups excluding carboxylic acids is 1. The lowest BCUT2D eigenvalue weighted by atomic mass is 10.1. The van der Waals surface area contributed by atoms with E-state index >= 15 is 0 Å². The lowest BCUT2D eigenvalue weighted by Crippen LogP contribution is -2.19. The van der Waals surface area contributed by atoms with Gasteiger partial charge in [-0.15, -0.1) is 10.2 Å². The molecule has 0 radical (unpaired) electrons. The fraction of sp³-hybridized carbons (Fsp3) is 0. The number of nitrogens with zero attached hydrogens (tertiary/aromatic N) is 4. The average molecular weight is 749 g/mol. The average Bonchev–Trinajstić information content (AvgIpc) is 3.07. The van der Waals surface area contributed by atoms with Gasteiger partial charge in [0.2, 0.25) is 0 Å². The van der Waals surface area contributed by atoms with Crippen LogP contribution in [0.5, 0.6) is 11.5 Å². The van der Waals surface area contributed by atoms with Crippen molar-refractivity contribution in [3.63, 3.8) is 0 Å². The second-order valence-corrected chi connectivity index (χ2v) is 13.7. The van der Waals surface area contributed by atoms with E-state index in [1.54, 1.807) is 0 Å². The highest BCUT2D eigenvalue weighted by molar-refractivity contribution is 7.86. The predicted octanol–water partition coefficient (Wildman–Crippen LogP) is 8.65. The molecule has 0 unspecified atom stereocenters. The minimum atomic E-state index is -4.96. The molecule has 0 atom stereocenters. The lowest BCUT2D eigenvalue weighted by Gasteiger charge is -2.13. The van der Waals surface area contributed by atoms with Gasteiger partial charge in [0, 0.05) is 22.1 Å². The molecule has 6 aromatic rings. The van der Waals surface area contributed by atoms with Crippen LogP contribution in [0.25, 0.3) is 21.5 Å². The molecule has 19 heteroatoms. The van der Waals surface area contributed by atoms with Gasteiger partial charge in [-0.05, 0) is 108 Å². The van der Waals surface area contributed by atoms with Gasteiger partial charge in [-0.1, -0.05) is 0 Å². The van der Waals surface area contributed by atoms with Crippen LogP contribution in [0.15, 0.2) is 127 Å². The van der Waals surface area contributed by atoms with Gasteiger partial charge in [0.1, 0.15) is 32.8 Å². The highest BCUT2D eigenvalue weighted by atomic mass is 32.2. The summed E-state index contributed by atoms with van der Waals surface area (Å²) in [6, 6.07) is 18.6. The smallest absolute Gasteiger partial charge is 0.323 e. The fourth-order valence-electron chi connectivity index (χ4n) is 4.97. The molecular weight excluding hydrogens is 727 g/mol. The number of aromatic hydroxyl groups is 2. The van der Waals surface area contributed by atoms with Crippen LogP contribution in [0.3, 0.4) is 0 Å². The number of fused-ring (bicyclic) bond motifs is 2. The lowest BCUT2D eigenvalue weighted by molar-refractivity contribution is 0.262. The van der Waals surface area contributed by atoms with E-state index in [1.165, 1.54) is 60.7 Å². The maximum Gasteiger partial charge on any atom is 0.323 e. The van der Waals surface area contributed by atoms with Crippen molar-refractivity contribution in [2.24, 2.45) is 20.5 Å². The minimum absolute atomic E-state index is 0.0648. The van der Waals surface area contributed by atoms with Crippen molar-refractivity contribution in [3.05, 3.63) is 109 Å². The Morgan fingerprint density at radius 1 is 0.538 bits per heavy atom. The van der Waals surface area contributed by atoms with Crippen LogP contribution in [0.4, 0.5) is 47.7 Å². The van der Waals surface area contributed by atoms with Crippen LogP contribution >= 0.6 is 0 Å². The summed E-state index contributed by atoms with van der Waals surface area (Å²) in [6.45, 7) is 0. The summed E-state index contributed by atoms with van der Waals surface area (Å²) in [5, 5.41) is 42.2. The standard InChI is InChI=1S/C33H22F2N6O9S2/c34-19-1-5-21(6-2-19)38-40-29-27(51(45,46)47)15-17-13-23(9-11-25(17)31(29)42)36-33(44)37-24-10-12-26-18(14-24)16-28(52(48,49)50)30(32(26)43)41-39-22-7-3-20(35)4-8-22/h1-16,42-43H,(H2,36,37,44)(H,45,46,47)(H,48,49,50). The molecule has 6 aromatic carbocycles. The first-order valence-corrected chi connectivity index (χ1v) is 17.4. The first-order chi connectivity index (χ1) is 24.6. The predicted molar refractivity (Wildman–Crippen MR) is 185 cm³/mol. The number of benzene rings is 6. The van der Waals surface area contributed by atoms with Crippen LogP contribution in [0.2, 0.25) is 0 Å². The maximum atomic E-state index is 13.2. The highest BCUT2D eigenvalue weighted by Gasteiger charge is 2.24. The summed E-state index contributed by atoms with van der Waals surface area (Å²) in [5.41, 5.74) is -0.695. The van der Waals surface area contributed by atoms with Gasteiger partial charge in [0.25, 0.3) is 20.2 Å². The molecule has 6 N–H and O–H groups in total. The summed E-state index contributed by atoms with van der Waals surface area (Å²) in [7, 11) is -9.91. The Hall–Kier alpha value is -6.41. The van der Waals surface area contributed by atoms with Crippen molar-refractivity contribution in [1.29, 1.82) is 0 Å². The fourth-order valence-corrected chi connectivity index (χ4v) is 6.29. The Morgan fingerprint density at radius 3 is 1.25 bits per heavy atom. The number of halogens is 2. The zero-order valence-electron chi connectivity index (χ0n) is 25.9. The molecule has 0 aliphatic rings. The third-order valence-corrected chi connectivity index (χ3v) is 9.09. The van der Waals surface area contributed by atoms with Crippen molar-refractivity contribution in [2.75, 3.05) is 10.6 Å². The summed E-state index contributed by atoms with van der Waals surface area (Å²) < 4.78 is 95.0. The zero-order chi connectivity index (χ0) is 37.4. The molecule has 0 aliphatic carbocycles. The van der Waals surface area contributed by atoms with E-state index in [-0.39, 0.29) is 44.3 Å². The topological polar surface area (TPSA) is 240 Å². The van der Waals surface area contributed by atoms with Crippen LogP contribution in [0.1, 0.15) is 0 Å². The van der Waals surface area contributed by atoms with Crippen molar-refractivity contribution < 1.29 is 49.7 Å². The highest BCUT2D eigenvalue weighted by Crippen LogP contribution is 2.43. The van der Waals surface area contributed by atoms with Gasteiger partial charge < -0.3 is 20.8 Å². The van der Waals surface area contributed by atoms with Crippen LogP contribution < -0.4 is 10.6 Å². The van der Waals surface area contributed by atoms with E-state index < -0.39 is 70.6 Å². The Labute approximate surface area is 292 Å². The summed E-state index contributed by atoms with van der Waals surface area (Å²) in [6.07, 6.45) is 0. The molecule has 0 saturated carbocycles. The Balaban J connectivity index is 1.27. The van der Waals surface area contributed by atoms with Gasteiger partial charge in [0.05, 0.1) is 11.4 Å². The molecule has 15 nitrogen and oxygen atoms in total. The molecule has 264 valence electrons. The van der Waals surface area contributed by atoms with Crippen LogP contribution in [-0.2, 0) is 20.2 Å². The number of urea groups is 1. The van der Waals surface area contributed by atoms with Gasteiger partial charge in [0.15, 0.2) is 11.5 Å². The summed E-state index contributed by atoms with van der Waals surface area (Å²) >= 11 is 0. The number of anilines is 2. The number of amides is 2. The molecule has 0 bridgehead atoms. The molecule has 0 fully saturated rings. The number of hydrogen-bond acceptors (Lipinski definition) is 11. The zero-order valence-corrected chi connectivity index (χ0v) is 27.6. The molecule has 52 heavy (non-hydrogen) atoms. The molecule has 0 heterocycles. The number of hydrogen-bond donors (Lipinski definition) is 6. The molecule has 0 spiro atoms. The molecule has 0 saturated heterocycles. The molecule has 0 aliphatic heterocycles. The largest absolute Gasteiger partial charge is 0.505 e. The van der Waals surface area contributed by atoms with Gasteiger partial charge in [-0.25, -0.2) is 13.6 Å². The summed E-state index contributed by atoms with van der Waals surface area (Å²) in [4.78, 5) is 11.3. The van der Waals surface area contributed by atoms with E-state index in [0.29, 0.717) is 0 Å². The van der Waals surface area contributed by atoms with Crippen molar-refractivity contribution in [2.45, 2.75) is 9.79 Å². The minimum Gasteiger partial charge on any atom is -0.505 e. The van der Waals surface area contributed by atoms with Crippen LogP contribution in [-0.4, -0.2) is 42.2 Å². The normalized spacial score (nSPS) is 12.2. The van der Waals surface area contributed by atoms with E-state index in [2.05, 4.69) is 31.1 Å². The number of phenols is 2. The van der Waals surface area contributed by atoms with Gasteiger partial charge in [-0.2, -0.15) is 27.1 Å². The van der Waals surface area contributed by atoms with Gasteiger partial charge >= 0.3 is 6.03 Å². The second kappa shape index (κ2) is 13.7. The quantitative estimate of drug-likeness (QED) is 0.0643. The number of azo groups is 2. The first-order valence-electron chi connectivity index (χ1n) is 14.5.